The number of carbonyl (C=O) groups excluding carboxylic acids is 1. The number of nitrogens with zero attached hydrogens (tertiary/aromatic N) is 4. The Hall–Kier alpha value is -3.75. The van der Waals surface area contributed by atoms with Gasteiger partial charge in [0, 0.05) is 35.7 Å². The second-order valence-corrected chi connectivity index (χ2v) is 7.24. The van der Waals surface area contributed by atoms with Crippen molar-refractivity contribution in [2.75, 3.05) is 5.32 Å². The fraction of sp³-hybridized carbons (Fsp3) is 0.250. The second-order valence-electron chi connectivity index (χ2n) is 7.24. The van der Waals surface area contributed by atoms with Crippen molar-refractivity contribution < 1.29 is 14.1 Å². The Kier molecular flexibility index (Phi) is 3.83. The Morgan fingerprint density at radius 2 is 2.03 bits per heavy atom. The molecule has 3 aromatic rings. The number of nitrogens with one attached hydrogen (secondary N) is 1. The summed E-state index contributed by atoms with van der Waals surface area (Å²) in [4.78, 5) is 28.2. The summed E-state index contributed by atoms with van der Waals surface area (Å²) >= 11 is 0. The molecule has 1 aliphatic carbocycles. The number of aryl methyl sites for hydroxylation is 1. The van der Waals surface area contributed by atoms with E-state index in [1.165, 1.54) is 12.1 Å². The average molecular weight is 391 g/mol. The molecule has 0 saturated carbocycles. The van der Waals surface area contributed by atoms with Crippen molar-refractivity contribution >= 4 is 17.4 Å². The summed E-state index contributed by atoms with van der Waals surface area (Å²) in [5.74, 6) is 1.87. The van der Waals surface area contributed by atoms with E-state index in [4.69, 9.17) is 4.42 Å². The number of hydrogen-bond acceptors (Lipinski definition) is 7. The topological polar surface area (TPSA) is 116 Å². The molecule has 0 saturated heterocycles. The second kappa shape index (κ2) is 6.40. The largest absolute Gasteiger partial charge is 0.469 e. The van der Waals surface area contributed by atoms with Crippen molar-refractivity contribution in [1.29, 1.82) is 0 Å². The number of anilines is 1. The molecule has 5 rings (SSSR count). The highest BCUT2D eigenvalue weighted by Gasteiger charge is 2.40. The summed E-state index contributed by atoms with van der Waals surface area (Å²) < 4.78 is 7.20. The zero-order chi connectivity index (χ0) is 20.1. The summed E-state index contributed by atoms with van der Waals surface area (Å²) in [6.45, 7) is 1.78. The number of Topliss-reactive ketones (excluding diaryl/α,β-unsaturated/α-hetero) is 1. The van der Waals surface area contributed by atoms with Gasteiger partial charge in [-0.15, -0.1) is 0 Å². The Bertz CT molecular complexity index is 1140. The van der Waals surface area contributed by atoms with Crippen LogP contribution in [0.5, 0.6) is 0 Å². The summed E-state index contributed by atoms with van der Waals surface area (Å²) in [6, 6.07) is 9.45. The zero-order valence-electron chi connectivity index (χ0n) is 15.5. The highest BCUT2D eigenvalue weighted by molar-refractivity contribution is 6.00. The molecule has 0 amide bonds. The number of carbonyl (C=O) groups is 1. The third-order valence-corrected chi connectivity index (χ3v) is 5.39. The van der Waals surface area contributed by atoms with Crippen LogP contribution in [-0.2, 0) is 4.79 Å². The maximum atomic E-state index is 13.2. The molecule has 1 N–H and O–H groups in total. The Labute approximate surface area is 165 Å². The quantitative estimate of drug-likeness (QED) is 0.536. The van der Waals surface area contributed by atoms with Crippen molar-refractivity contribution in [3.63, 3.8) is 0 Å². The molecule has 0 radical (unpaired) electrons. The number of aromatic nitrogens is 3. The van der Waals surface area contributed by atoms with Gasteiger partial charge in [0.1, 0.15) is 17.6 Å². The minimum Gasteiger partial charge on any atom is -0.469 e. The van der Waals surface area contributed by atoms with Crippen LogP contribution in [-0.4, -0.2) is 25.5 Å². The first-order valence-corrected chi connectivity index (χ1v) is 9.25. The van der Waals surface area contributed by atoms with Crippen molar-refractivity contribution in [2.45, 2.75) is 31.7 Å². The van der Waals surface area contributed by atoms with Gasteiger partial charge < -0.3 is 9.73 Å². The van der Waals surface area contributed by atoms with E-state index in [2.05, 4.69) is 15.4 Å². The van der Waals surface area contributed by atoms with Crippen LogP contribution in [0.3, 0.4) is 0 Å². The highest BCUT2D eigenvalue weighted by Crippen LogP contribution is 2.44. The van der Waals surface area contributed by atoms with E-state index < -0.39 is 11.0 Å². The minimum atomic E-state index is -0.478. The molecule has 9 heteroatoms. The van der Waals surface area contributed by atoms with E-state index >= 15 is 0 Å². The third kappa shape index (κ3) is 2.82. The fourth-order valence-corrected chi connectivity index (χ4v) is 4.13. The highest BCUT2D eigenvalue weighted by atomic mass is 16.6. The molecular weight excluding hydrogens is 374 g/mol. The lowest BCUT2D eigenvalue weighted by Crippen LogP contribution is -2.33. The number of fused-ring (bicyclic) bond motifs is 1. The molecule has 2 aromatic heterocycles. The van der Waals surface area contributed by atoms with Gasteiger partial charge >= 0.3 is 0 Å². The summed E-state index contributed by atoms with van der Waals surface area (Å²) in [7, 11) is 0. The van der Waals surface area contributed by atoms with Crippen molar-refractivity contribution in [3.05, 3.63) is 81.2 Å². The predicted molar refractivity (Wildman–Crippen MR) is 102 cm³/mol. The number of furan rings is 1. The molecule has 3 heterocycles. The molecule has 0 bridgehead atoms. The lowest BCUT2D eigenvalue weighted by Gasteiger charge is -2.34. The molecule has 146 valence electrons. The first-order valence-electron chi connectivity index (χ1n) is 9.25. The Morgan fingerprint density at radius 3 is 2.72 bits per heavy atom. The molecule has 0 unspecified atom stereocenters. The molecule has 9 nitrogen and oxygen atoms in total. The fourth-order valence-electron chi connectivity index (χ4n) is 4.13. The average Bonchev–Trinajstić information content (AvgIpc) is 3.35. The van der Waals surface area contributed by atoms with Gasteiger partial charge in [0.05, 0.1) is 11.2 Å². The number of benzene rings is 1. The number of ketones is 1. The van der Waals surface area contributed by atoms with Crippen LogP contribution in [0.15, 0.2) is 58.3 Å². The smallest absolute Gasteiger partial charge is 0.269 e. The molecule has 0 spiro atoms. The number of rotatable bonds is 3. The van der Waals surface area contributed by atoms with Gasteiger partial charge in [-0.05, 0) is 43.2 Å². The van der Waals surface area contributed by atoms with Crippen molar-refractivity contribution in [1.82, 2.24) is 14.8 Å². The number of allylic oxidation sites excluding steroid dienone is 2. The summed E-state index contributed by atoms with van der Waals surface area (Å²) in [6.07, 6.45) is 2.56. The van der Waals surface area contributed by atoms with Gasteiger partial charge in [-0.25, -0.2) is 4.68 Å². The Morgan fingerprint density at radius 1 is 1.24 bits per heavy atom. The van der Waals surface area contributed by atoms with E-state index in [9.17, 15) is 14.9 Å². The first-order chi connectivity index (χ1) is 14.0. The minimum absolute atomic E-state index is 0.000245. The maximum Gasteiger partial charge on any atom is 0.269 e. The number of nitro groups is 1. The lowest BCUT2D eigenvalue weighted by molar-refractivity contribution is -0.384. The monoisotopic (exact) mass is 391 g/mol. The Balaban J connectivity index is 1.61. The predicted octanol–water partition coefficient (Wildman–Crippen LogP) is 3.50. The van der Waals surface area contributed by atoms with Gasteiger partial charge in [-0.2, -0.15) is 10.1 Å². The van der Waals surface area contributed by atoms with Gasteiger partial charge in [-0.1, -0.05) is 0 Å². The first kappa shape index (κ1) is 17.4. The van der Waals surface area contributed by atoms with Crippen LogP contribution >= 0.6 is 0 Å². The van der Waals surface area contributed by atoms with E-state index in [0.29, 0.717) is 30.2 Å². The maximum absolute atomic E-state index is 13.2. The normalized spacial score (nSPS) is 20.8. The number of non-ortho nitro benzene ring substituents is 1. The molecule has 2 atom stereocenters. The molecule has 1 aromatic carbocycles. The van der Waals surface area contributed by atoms with Crippen LogP contribution in [0.25, 0.3) is 0 Å². The molecule has 2 aliphatic rings. The zero-order valence-corrected chi connectivity index (χ0v) is 15.5. The number of nitro benzene ring substituents is 1. The van der Waals surface area contributed by atoms with Gasteiger partial charge in [-0.3, -0.25) is 14.9 Å². The van der Waals surface area contributed by atoms with Crippen molar-refractivity contribution in [3.8, 4) is 0 Å². The van der Waals surface area contributed by atoms with Gasteiger partial charge in [0.25, 0.3) is 5.69 Å². The van der Waals surface area contributed by atoms with Crippen LogP contribution in [0, 0.1) is 17.0 Å². The lowest BCUT2D eigenvalue weighted by atomic mass is 9.79. The van der Waals surface area contributed by atoms with Gasteiger partial charge in [0.15, 0.2) is 5.78 Å². The molecule has 0 fully saturated rings. The standard InChI is InChI=1S/C20H17N5O4/c1-11-21-20-22-15-9-13(17-3-2-8-29-17)10-16(26)18(15)19(24(20)23-11)12-4-6-14(7-5-12)25(27)28/h2-8,13,19H,9-10H2,1H3,(H,21,22,23)/t13-,19-/m1/s1. The van der Waals surface area contributed by atoms with E-state index in [1.54, 1.807) is 30.0 Å². The van der Waals surface area contributed by atoms with Crippen LogP contribution < -0.4 is 5.32 Å². The van der Waals surface area contributed by atoms with E-state index in [1.807, 2.05) is 12.1 Å². The summed E-state index contributed by atoms with van der Waals surface area (Å²) in [5, 5.41) is 18.7. The molecule has 29 heavy (non-hydrogen) atoms. The van der Waals surface area contributed by atoms with E-state index in [-0.39, 0.29) is 17.4 Å². The summed E-state index contributed by atoms with van der Waals surface area (Å²) in [5.41, 5.74) is 2.17. The number of hydrogen-bond donors (Lipinski definition) is 1. The van der Waals surface area contributed by atoms with Crippen LogP contribution in [0.2, 0.25) is 0 Å². The third-order valence-electron chi connectivity index (χ3n) is 5.39. The van der Waals surface area contributed by atoms with Crippen LogP contribution in [0.4, 0.5) is 11.6 Å². The van der Waals surface area contributed by atoms with Crippen LogP contribution in [0.1, 0.15) is 41.9 Å². The van der Waals surface area contributed by atoms with E-state index in [0.717, 1.165) is 17.0 Å². The molecular formula is C20H17N5O4. The SMILES string of the molecule is Cc1nc2n(n1)[C@H](c1ccc([N+](=O)[O-])cc1)C1=C(C[C@@H](c3ccco3)CC1=O)N2. The van der Waals surface area contributed by atoms with Gasteiger partial charge in [0.2, 0.25) is 5.95 Å². The van der Waals surface area contributed by atoms with Crippen molar-refractivity contribution in [2.24, 2.45) is 0 Å². The molecule has 1 aliphatic heterocycles.